The van der Waals surface area contributed by atoms with Crippen molar-refractivity contribution in [3.8, 4) is 28.9 Å². The fourth-order valence-electron chi connectivity index (χ4n) is 5.83. The van der Waals surface area contributed by atoms with Gasteiger partial charge in [-0.25, -0.2) is 4.98 Å². The highest BCUT2D eigenvalue weighted by Gasteiger charge is 2.22. The van der Waals surface area contributed by atoms with Crippen LogP contribution in [0.4, 0.5) is 0 Å². The second-order valence-corrected chi connectivity index (χ2v) is 13.0. The number of halogens is 3. The average Bonchev–Trinajstić information content (AvgIpc) is 3.16. The number of hydrogen-bond acceptors (Lipinski definition) is 8. The summed E-state index contributed by atoms with van der Waals surface area (Å²) in [7, 11) is 1.65. The number of pyridine rings is 1. The zero-order chi connectivity index (χ0) is 35.6. The summed E-state index contributed by atoms with van der Waals surface area (Å²) >= 11 is 13.0. The van der Waals surface area contributed by atoms with Gasteiger partial charge in [0.15, 0.2) is 5.75 Å². The zero-order valence-corrected chi connectivity index (χ0v) is 31.3. The maximum absolute atomic E-state index is 11.8. The van der Waals surface area contributed by atoms with Crippen molar-refractivity contribution in [2.75, 3.05) is 33.3 Å². The maximum atomic E-state index is 11.8. The molecule has 270 valence electrons. The number of aryl methyl sites for hydroxylation is 1. The van der Waals surface area contributed by atoms with Gasteiger partial charge in [-0.15, -0.1) is 12.4 Å². The molecule has 0 bridgehead atoms. The fraction of sp³-hybridized carbons (Fsp3) is 0.220. The molecule has 6 rings (SSSR count). The Bertz CT molecular complexity index is 1920. The summed E-state index contributed by atoms with van der Waals surface area (Å²) < 4.78 is 23.1. The van der Waals surface area contributed by atoms with Crippen molar-refractivity contribution in [2.24, 2.45) is 0 Å². The second-order valence-electron chi connectivity index (χ2n) is 12.2. The number of aldehydes is 1. The van der Waals surface area contributed by atoms with Crippen LogP contribution in [0.25, 0.3) is 5.70 Å². The lowest BCUT2D eigenvalue weighted by Crippen LogP contribution is -2.45. The molecule has 0 radical (unpaired) electrons. The number of methoxy groups -OCH3 is 1. The molecule has 4 aromatic carbocycles. The van der Waals surface area contributed by atoms with Gasteiger partial charge in [0.25, 0.3) is 0 Å². The van der Waals surface area contributed by atoms with Crippen molar-refractivity contribution in [1.29, 1.82) is 0 Å². The highest BCUT2D eigenvalue weighted by molar-refractivity contribution is 6.32. The lowest BCUT2D eigenvalue weighted by Gasteiger charge is -2.37. The fourth-order valence-corrected chi connectivity index (χ4v) is 6.33. The Morgan fingerprint density at radius 2 is 1.46 bits per heavy atom. The van der Waals surface area contributed by atoms with Crippen LogP contribution in [0.3, 0.4) is 0 Å². The van der Waals surface area contributed by atoms with E-state index in [1.807, 2.05) is 67.6 Å². The van der Waals surface area contributed by atoms with Crippen molar-refractivity contribution in [2.45, 2.75) is 26.7 Å². The molecule has 1 aromatic heterocycles. The molecule has 0 aliphatic carbocycles. The molecule has 0 unspecified atom stereocenters. The van der Waals surface area contributed by atoms with Gasteiger partial charge in [-0.05, 0) is 77.7 Å². The normalized spacial score (nSPS) is 13.2. The van der Waals surface area contributed by atoms with E-state index < -0.39 is 0 Å². The molecule has 2 heterocycles. The molecule has 1 saturated heterocycles. The van der Waals surface area contributed by atoms with Crippen molar-refractivity contribution < 1.29 is 23.7 Å². The molecule has 0 saturated carbocycles. The van der Waals surface area contributed by atoms with Crippen LogP contribution >= 0.6 is 35.6 Å². The summed E-state index contributed by atoms with van der Waals surface area (Å²) in [4.78, 5) is 20.8. The van der Waals surface area contributed by atoms with Crippen LogP contribution in [0.15, 0.2) is 109 Å². The largest absolute Gasteiger partial charge is 0.497 e. The third-order valence-electron chi connectivity index (χ3n) is 8.63. The molecule has 11 heteroatoms. The zero-order valence-electron chi connectivity index (χ0n) is 29.0. The summed E-state index contributed by atoms with van der Waals surface area (Å²) in [5, 5.41) is 1.08. The first-order valence-electron chi connectivity index (χ1n) is 16.7. The first kappa shape index (κ1) is 38.5. The number of piperazine rings is 1. The standard InChI is InChI=1S/C41H39Cl2N3O5.ClH/c1-29-23-33(24-38(43)41(29)51-40-16-15-36(25-44-40)50-28-32-5-3-4-6-37(32)42)39(17-22-47)46-20-18-45(19-21-46)26-30-7-9-31(10-8-30)27-49-35-13-11-34(48-2)12-14-35;/h3-17,22-25H,18-21,26-28H2,1-2H3;1H/b39-17+;. The Kier molecular flexibility index (Phi) is 13.8. The van der Waals surface area contributed by atoms with Gasteiger partial charge >= 0.3 is 0 Å². The minimum atomic E-state index is 0. The van der Waals surface area contributed by atoms with Gasteiger partial charge in [0.2, 0.25) is 5.88 Å². The molecule has 0 N–H and O–H groups in total. The van der Waals surface area contributed by atoms with Crippen molar-refractivity contribution in [3.63, 3.8) is 0 Å². The lowest BCUT2D eigenvalue weighted by molar-refractivity contribution is -0.104. The molecule has 5 aromatic rings. The van der Waals surface area contributed by atoms with Gasteiger partial charge < -0.3 is 23.8 Å². The molecular weight excluding hydrogens is 721 g/mol. The number of ether oxygens (including phenoxy) is 4. The number of carbonyl (C=O) groups excluding carboxylic acids is 1. The number of benzene rings is 4. The monoisotopic (exact) mass is 759 g/mol. The highest BCUT2D eigenvalue weighted by atomic mass is 35.5. The van der Waals surface area contributed by atoms with Gasteiger partial charge in [0, 0.05) is 61.1 Å². The van der Waals surface area contributed by atoms with Gasteiger partial charge in [-0.1, -0.05) is 65.7 Å². The van der Waals surface area contributed by atoms with Gasteiger partial charge in [0.05, 0.1) is 18.3 Å². The molecule has 52 heavy (non-hydrogen) atoms. The second kappa shape index (κ2) is 18.7. The van der Waals surface area contributed by atoms with E-state index in [0.717, 1.165) is 78.5 Å². The first-order chi connectivity index (χ1) is 24.9. The van der Waals surface area contributed by atoms with E-state index in [1.54, 1.807) is 31.5 Å². The predicted molar refractivity (Wildman–Crippen MR) is 208 cm³/mol. The van der Waals surface area contributed by atoms with Crippen LogP contribution in [0.1, 0.15) is 27.8 Å². The molecule has 0 spiro atoms. The topological polar surface area (TPSA) is 73.4 Å². The van der Waals surface area contributed by atoms with E-state index in [0.29, 0.717) is 40.6 Å². The molecule has 1 aliphatic heterocycles. The summed E-state index contributed by atoms with van der Waals surface area (Å²) in [6, 6.07) is 31.0. The maximum Gasteiger partial charge on any atom is 0.219 e. The predicted octanol–water partition coefficient (Wildman–Crippen LogP) is 9.44. The number of hydrogen-bond donors (Lipinski definition) is 0. The molecule has 8 nitrogen and oxygen atoms in total. The Hall–Kier alpha value is -4.73. The number of nitrogens with zero attached hydrogens (tertiary/aromatic N) is 3. The molecule has 1 fully saturated rings. The number of carbonyl (C=O) groups is 1. The SMILES string of the molecule is COc1ccc(OCc2ccc(CN3CCN(/C(=C/C=O)c4cc(C)c(Oc5ccc(OCc6ccccc6Cl)cn5)c(Cl)c4)CC3)cc2)cc1.Cl. The van der Waals surface area contributed by atoms with Crippen LogP contribution in [-0.2, 0) is 24.6 Å². The molecule has 0 atom stereocenters. The molecule has 0 amide bonds. The van der Waals surface area contributed by atoms with E-state index in [4.69, 9.17) is 42.1 Å². The van der Waals surface area contributed by atoms with Crippen molar-refractivity contribution >= 4 is 47.6 Å². The van der Waals surface area contributed by atoms with Gasteiger partial charge in [0.1, 0.15) is 36.7 Å². The summed E-state index contributed by atoms with van der Waals surface area (Å²) in [5.41, 5.74) is 5.76. The number of rotatable bonds is 14. The van der Waals surface area contributed by atoms with Crippen LogP contribution in [0.2, 0.25) is 10.0 Å². The van der Waals surface area contributed by atoms with Crippen LogP contribution in [0, 0.1) is 6.92 Å². The Morgan fingerprint density at radius 3 is 2.12 bits per heavy atom. The minimum Gasteiger partial charge on any atom is -0.497 e. The van der Waals surface area contributed by atoms with Crippen LogP contribution in [0.5, 0.6) is 28.9 Å². The van der Waals surface area contributed by atoms with E-state index >= 15 is 0 Å². The third kappa shape index (κ3) is 10.2. The Morgan fingerprint density at radius 1 is 0.788 bits per heavy atom. The van der Waals surface area contributed by atoms with Crippen molar-refractivity contribution in [1.82, 2.24) is 14.8 Å². The van der Waals surface area contributed by atoms with Crippen LogP contribution in [-0.4, -0.2) is 54.4 Å². The van der Waals surface area contributed by atoms with Crippen LogP contribution < -0.4 is 18.9 Å². The Balaban J connectivity index is 0.00000523. The average molecular weight is 761 g/mol. The van der Waals surface area contributed by atoms with E-state index in [9.17, 15) is 4.79 Å². The van der Waals surface area contributed by atoms with Gasteiger partial charge in [-0.3, -0.25) is 9.69 Å². The number of allylic oxidation sites excluding steroid dienone is 1. The highest BCUT2D eigenvalue weighted by Crippen LogP contribution is 2.36. The quantitative estimate of drug-likeness (QED) is 0.0820. The van der Waals surface area contributed by atoms with E-state index in [1.165, 1.54) is 5.56 Å². The number of aromatic nitrogens is 1. The summed E-state index contributed by atoms with van der Waals surface area (Å²) in [6.07, 6.45) is 4.04. The lowest BCUT2D eigenvalue weighted by atomic mass is 10.1. The molecular formula is C41H40Cl3N3O5. The van der Waals surface area contributed by atoms with Gasteiger partial charge in [-0.2, -0.15) is 0 Å². The van der Waals surface area contributed by atoms with E-state index in [-0.39, 0.29) is 12.4 Å². The first-order valence-corrected chi connectivity index (χ1v) is 17.4. The third-order valence-corrected chi connectivity index (χ3v) is 9.28. The van der Waals surface area contributed by atoms with E-state index in [2.05, 4.69) is 39.0 Å². The Labute approximate surface area is 320 Å². The van der Waals surface area contributed by atoms with Crippen molar-refractivity contribution in [3.05, 3.63) is 147 Å². The summed E-state index contributed by atoms with van der Waals surface area (Å²) in [5.74, 6) is 3.09. The minimum absolute atomic E-state index is 0. The molecule has 1 aliphatic rings. The summed E-state index contributed by atoms with van der Waals surface area (Å²) in [6.45, 7) is 6.87. The smallest absolute Gasteiger partial charge is 0.219 e.